The van der Waals surface area contributed by atoms with Crippen molar-refractivity contribution < 1.29 is 9.63 Å². The summed E-state index contributed by atoms with van der Waals surface area (Å²) in [6.45, 7) is 1.92. The molecule has 3 aromatic rings. The largest absolute Gasteiger partial charge is 0.508 e. The Morgan fingerprint density at radius 3 is 2.85 bits per heavy atom. The summed E-state index contributed by atoms with van der Waals surface area (Å²) in [6.07, 6.45) is 2.28. The molecule has 1 fully saturated rings. The van der Waals surface area contributed by atoms with E-state index in [1.807, 2.05) is 13.0 Å². The van der Waals surface area contributed by atoms with E-state index in [-0.39, 0.29) is 5.75 Å². The fraction of sp³-hybridized carbons (Fsp3) is 0.267. The van der Waals surface area contributed by atoms with Crippen molar-refractivity contribution in [1.82, 2.24) is 15.1 Å². The number of aryl methyl sites for hydroxylation is 1. The molecule has 1 aromatic carbocycles. The topological polar surface area (TPSA) is 72.0 Å². The molecule has 4 rings (SSSR count). The highest BCUT2D eigenvalue weighted by molar-refractivity contribution is 5.84. The van der Waals surface area contributed by atoms with Gasteiger partial charge in [-0.15, -0.1) is 0 Å². The summed E-state index contributed by atoms with van der Waals surface area (Å²) in [4.78, 5) is 8.98. The number of rotatable bonds is 2. The van der Waals surface area contributed by atoms with E-state index >= 15 is 0 Å². The van der Waals surface area contributed by atoms with Gasteiger partial charge in [0.15, 0.2) is 5.82 Å². The first-order valence-corrected chi connectivity index (χ1v) is 6.65. The van der Waals surface area contributed by atoms with Crippen LogP contribution >= 0.6 is 0 Å². The zero-order valence-corrected chi connectivity index (χ0v) is 11.0. The van der Waals surface area contributed by atoms with E-state index in [9.17, 15) is 5.11 Å². The summed E-state index contributed by atoms with van der Waals surface area (Å²) in [6, 6.07) is 7.04. The molecule has 100 valence electrons. The molecule has 1 aliphatic rings. The van der Waals surface area contributed by atoms with Crippen LogP contribution in [0.15, 0.2) is 28.8 Å². The molecule has 0 atom stereocenters. The standard InChI is InChI=1S/C15H13N3O2/c1-8-12(15-17-14(18-20-15)9-2-3-9)7-10-6-11(19)4-5-13(10)16-8/h4-7,9,19H,2-3H2,1H3. The smallest absolute Gasteiger partial charge is 0.259 e. The lowest BCUT2D eigenvalue weighted by molar-refractivity contribution is 0.422. The van der Waals surface area contributed by atoms with Gasteiger partial charge < -0.3 is 9.63 Å². The van der Waals surface area contributed by atoms with Crippen LogP contribution in [0.25, 0.3) is 22.4 Å². The molecule has 2 aromatic heterocycles. The third-order valence-electron chi connectivity index (χ3n) is 3.60. The Morgan fingerprint density at radius 2 is 2.05 bits per heavy atom. The zero-order chi connectivity index (χ0) is 13.7. The van der Waals surface area contributed by atoms with Crippen molar-refractivity contribution in [1.29, 1.82) is 0 Å². The Hall–Kier alpha value is -2.43. The molecule has 20 heavy (non-hydrogen) atoms. The van der Waals surface area contributed by atoms with Gasteiger partial charge in [0.1, 0.15) is 5.75 Å². The van der Waals surface area contributed by atoms with Crippen LogP contribution in [0.1, 0.15) is 30.3 Å². The molecule has 0 bridgehead atoms. The number of phenols is 1. The maximum absolute atomic E-state index is 9.57. The average Bonchev–Trinajstić information content (AvgIpc) is 3.17. The minimum absolute atomic E-state index is 0.221. The third-order valence-corrected chi connectivity index (χ3v) is 3.60. The summed E-state index contributed by atoms with van der Waals surface area (Å²) in [7, 11) is 0. The Labute approximate surface area is 115 Å². The molecule has 0 saturated heterocycles. The van der Waals surface area contributed by atoms with E-state index in [0.717, 1.165) is 40.8 Å². The molecule has 0 unspecified atom stereocenters. The highest BCUT2D eigenvalue weighted by Crippen LogP contribution is 2.39. The number of fused-ring (bicyclic) bond motifs is 1. The summed E-state index contributed by atoms with van der Waals surface area (Å²) in [5, 5.41) is 14.5. The van der Waals surface area contributed by atoms with Gasteiger partial charge in [-0.1, -0.05) is 5.16 Å². The van der Waals surface area contributed by atoms with Gasteiger partial charge in [0, 0.05) is 11.3 Å². The average molecular weight is 267 g/mol. The second-order valence-electron chi connectivity index (χ2n) is 5.23. The lowest BCUT2D eigenvalue weighted by Crippen LogP contribution is -1.90. The van der Waals surface area contributed by atoms with Crippen molar-refractivity contribution in [3.8, 4) is 17.2 Å². The minimum atomic E-state index is 0.221. The minimum Gasteiger partial charge on any atom is -0.508 e. The predicted octanol–water partition coefficient (Wildman–Crippen LogP) is 3.18. The van der Waals surface area contributed by atoms with Gasteiger partial charge in [0.2, 0.25) is 0 Å². The van der Waals surface area contributed by atoms with Gasteiger partial charge >= 0.3 is 0 Å². The second kappa shape index (κ2) is 4.03. The van der Waals surface area contributed by atoms with Crippen molar-refractivity contribution in [3.63, 3.8) is 0 Å². The van der Waals surface area contributed by atoms with Crippen molar-refractivity contribution in [2.24, 2.45) is 0 Å². The van der Waals surface area contributed by atoms with Crippen LogP contribution in [0.2, 0.25) is 0 Å². The van der Waals surface area contributed by atoms with E-state index in [0.29, 0.717) is 11.8 Å². The van der Waals surface area contributed by atoms with Crippen LogP contribution < -0.4 is 0 Å². The van der Waals surface area contributed by atoms with Gasteiger partial charge in [0.25, 0.3) is 5.89 Å². The zero-order valence-electron chi connectivity index (χ0n) is 11.0. The lowest BCUT2D eigenvalue weighted by atomic mass is 10.1. The fourth-order valence-corrected chi connectivity index (χ4v) is 2.33. The number of phenolic OH excluding ortho intramolecular Hbond substituents is 1. The van der Waals surface area contributed by atoms with Crippen LogP contribution in [0.5, 0.6) is 5.75 Å². The highest BCUT2D eigenvalue weighted by atomic mass is 16.5. The monoisotopic (exact) mass is 267 g/mol. The predicted molar refractivity (Wildman–Crippen MR) is 73.4 cm³/mol. The Balaban J connectivity index is 1.86. The van der Waals surface area contributed by atoms with Gasteiger partial charge in [-0.25, -0.2) is 0 Å². The van der Waals surface area contributed by atoms with Gasteiger partial charge in [-0.3, -0.25) is 4.98 Å². The number of hydrogen-bond acceptors (Lipinski definition) is 5. The molecule has 0 spiro atoms. The normalized spacial score (nSPS) is 14.8. The highest BCUT2D eigenvalue weighted by Gasteiger charge is 2.29. The van der Waals surface area contributed by atoms with E-state index in [2.05, 4.69) is 15.1 Å². The van der Waals surface area contributed by atoms with Crippen LogP contribution in [-0.2, 0) is 0 Å². The van der Waals surface area contributed by atoms with Gasteiger partial charge in [-0.05, 0) is 44.0 Å². The van der Waals surface area contributed by atoms with Crippen LogP contribution in [-0.4, -0.2) is 20.2 Å². The maximum Gasteiger partial charge on any atom is 0.259 e. The summed E-state index contributed by atoms with van der Waals surface area (Å²) >= 11 is 0. The first-order valence-electron chi connectivity index (χ1n) is 6.65. The van der Waals surface area contributed by atoms with E-state index in [1.165, 1.54) is 0 Å². The lowest BCUT2D eigenvalue weighted by Gasteiger charge is -2.04. The molecule has 2 heterocycles. The number of aromatic nitrogens is 3. The number of benzene rings is 1. The van der Waals surface area contributed by atoms with Crippen molar-refractivity contribution >= 4 is 10.9 Å². The number of hydrogen-bond donors (Lipinski definition) is 1. The number of aromatic hydroxyl groups is 1. The SMILES string of the molecule is Cc1nc2ccc(O)cc2cc1-c1nc(C2CC2)no1. The molecule has 5 heteroatoms. The number of nitrogens with zero attached hydrogens (tertiary/aromatic N) is 3. The molecule has 0 amide bonds. The molecular formula is C15H13N3O2. The maximum atomic E-state index is 9.57. The quantitative estimate of drug-likeness (QED) is 0.772. The Morgan fingerprint density at radius 1 is 1.20 bits per heavy atom. The van der Waals surface area contributed by atoms with Crippen molar-refractivity contribution in [2.45, 2.75) is 25.7 Å². The van der Waals surface area contributed by atoms with E-state index < -0.39 is 0 Å². The Kier molecular flexibility index (Phi) is 2.30. The van der Waals surface area contributed by atoms with E-state index in [4.69, 9.17) is 4.52 Å². The first-order chi connectivity index (χ1) is 9.70. The second-order valence-corrected chi connectivity index (χ2v) is 5.23. The Bertz CT molecular complexity index is 806. The van der Waals surface area contributed by atoms with Gasteiger partial charge in [-0.2, -0.15) is 4.98 Å². The van der Waals surface area contributed by atoms with Crippen molar-refractivity contribution in [2.75, 3.05) is 0 Å². The first kappa shape index (κ1) is 11.4. The molecule has 5 nitrogen and oxygen atoms in total. The summed E-state index contributed by atoms with van der Waals surface area (Å²) < 4.78 is 5.35. The molecule has 1 aliphatic carbocycles. The van der Waals surface area contributed by atoms with Crippen LogP contribution in [0.4, 0.5) is 0 Å². The molecule has 0 aliphatic heterocycles. The summed E-state index contributed by atoms with van der Waals surface area (Å²) in [5.41, 5.74) is 2.50. The van der Waals surface area contributed by atoms with Crippen LogP contribution in [0, 0.1) is 6.92 Å². The molecule has 1 saturated carbocycles. The third kappa shape index (κ3) is 1.82. The van der Waals surface area contributed by atoms with Gasteiger partial charge in [0.05, 0.1) is 16.8 Å². The van der Waals surface area contributed by atoms with Crippen LogP contribution in [0.3, 0.4) is 0 Å². The molecule has 1 N–H and O–H groups in total. The molecule has 0 radical (unpaired) electrons. The number of pyridine rings is 1. The molecular weight excluding hydrogens is 254 g/mol. The van der Waals surface area contributed by atoms with E-state index in [1.54, 1.807) is 18.2 Å². The van der Waals surface area contributed by atoms with Crippen molar-refractivity contribution in [3.05, 3.63) is 35.8 Å². The fourth-order valence-electron chi connectivity index (χ4n) is 2.33. The summed E-state index contributed by atoms with van der Waals surface area (Å²) in [5.74, 6) is 1.97.